The third kappa shape index (κ3) is 4.45. The Bertz CT molecular complexity index is 918. The van der Waals surface area contributed by atoms with Crippen LogP contribution < -0.4 is 0 Å². The molecule has 0 saturated heterocycles. The predicted octanol–water partition coefficient (Wildman–Crippen LogP) is 4.02. The minimum Gasteiger partial charge on any atom is -0.455 e. The summed E-state index contributed by atoms with van der Waals surface area (Å²) in [6.45, 7) is 2.64. The fraction of sp³-hybridized carbons (Fsp3) is 0.263. The Morgan fingerprint density at radius 1 is 1.23 bits per heavy atom. The first-order valence-corrected chi connectivity index (χ1v) is 9.49. The van der Waals surface area contributed by atoms with Crippen molar-refractivity contribution in [2.24, 2.45) is 0 Å². The van der Waals surface area contributed by atoms with E-state index >= 15 is 0 Å². The van der Waals surface area contributed by atoms with Crippen molar-refractivity contribution in [3.63, 3.8) is 0 Å². The molecule has 0 bridgehead atoms. The van der Waals surface area contributed by atoms with Gasteiger partial charge in [-0.3, -0.25) is 9.59 Å². The lowest BCUT2D eigenvalue weighted by Gasteiger charge is -2.19. The highest BCUT2D eigenvalue weighted by Gasteiger charge is 2.16. The zero-order chi connectivity index (χ0) is 18.5. The van der Waals surface area contributed by atoms with Crippen molar-refractivity contribution in [3.8, 4) is 0 Å². The number of aromatic nitrogens is 1. The van der Waals surface area contributed by atoms with Crippen molar-refractivity contribution in [2.75, 3.05) is 13.2 Å². The fourth-order valence-corrected chi connectivity index (χ4v) is 3.82. The molecule has 0 unspecified atom stereocenters. The molecule has 7 heteroatoms. The molecule has 1 aromatic carbocycles. The average molecular weight is 391 g/mol. The highest BCUT2D eigenvalue weighted by atomic mass is 35.5. The molecule has 136 valence electrons. The normalized spacial score (nSPS) is 10.8. The van der Waals surface area contributed by atoms with E-state index in [-0.39, 0.29) is 18.9 Å². The lowest BCUT2D eigenvalue weighted by molar-refractivity contribution is -0.151. The molecular weight excluding hydrogens is 372 g/mol. The van der Waals surface area contributed by atoms with Crippen LogP contribution in [0.4, 0.5) is 0 Å². The van der Waals surface area contributed by atoms with Crippen LogP contribution in [0.2, 0.25) is 4.34 Å². The maximum Gasteiger partial charge on any atom is 0.310 e. The first-order chi connectivity index (χ1) is 12.6. The van der Waals surface area contributed by atoms with Crippen molar-refractivity contribution in [2.45, 2.75) is 19.9 Å². The predicted molar refractivity (Wildman–Crippen MR) is 103 cm³/mol. The summed E-state index contributed by atoms with van der Waals surface area (Å²) in [5.41, 5.74) is 1.83. The molecule has 3 rings (SSSR count). The second-order valence-corrected chi connectivity index (χ2v) is 7.61. The fourth-order valence-electron chi connectivity index (χ4n) is 2.72. The summed E-state index contributed by atoms with van der Waals surface area (Å²) in [7, 11) is 0. The van der Waals surface area contributed by atoms with Gasteiger partial charge in [0.1, 0.15) is 0 Å². The standard InChI is InChI=1S/C19H19ClN2O3S/c1-2-22(11-14-7-8-17(20)26-14)18(23)12-25-19(24)9-13-10-21-16-6-4-3-5-15(13)16/h3-8,10,21H,2,9,11-12H2,1H3. The molecule has 26 heavy (non-hydrogen) atoms. The van der Waals surface area contributed by atoms with E-state index in [2.05, 4.69) is 4.98 Å². The number of benzene rings is 1. The Balaban J connectivity index is 1.53. The molecule has 1 N–H and O–H groups in total. The smallest absolute Gasteiger partial charge is 0.310 e. The zero-order valence-electron chi connectivity index (χ0n) is 14.3. The van der Waals surface area contributed by atoms with Crippen molar-refractivity contribution < 1.29 is 14.3 Å². The Hall–Kier alpha value is -2.31. The molecule has 0 radical (unpaired) electrons. The van der Waals surface area contributed by atoms with Gasteiger partial charge in [-0.05, 0) is 30.7 Å². The highest BCUT2D eigenvalue weighted by molar-refractivity contribution is 7.16. The number of halogens is 1. The first kappa shape index (κ1) is 18.5. The highest BCUT2D eigenvalue weighted by Crippen LogP contribution is 2.23. The molecule has 0 saturated carbocycles. The number of esters is 1. The van der Waals surface area contributed by atoms with Crippen LogP contribution in [0.5, 0.6) is 0 Å². The molecule has 0 atom stereocenters. The van der Waals surface area contributed by atoms with Crippen molar-refractivity contribution in [3.05, 3.63) is 57.4 Å². The number of ether oxygens (including phenoxy) is 1. The zero-order valence-corrected chi connectivity index (χ0v) is 15.9. The van der Waals surface area contributed by atoms with Gasteiger partial charge in [-0.1, -0.05) is 29.8 Å². The molecule has 1 amide bonds. The third-order valence-electron chi connectivity index (χ3n) is 4.08. The molecule has 2 aromatic heterocycles. The van der Waals surface area contributed by atoms with Gasteiger partial charge < -0.3 is 14.6 Å². The van der Waals surface area contributed by atoms with E-state index < -0.39 is 5.97 Å². The van der Waals surface area contributed by atoms with E-state index in [1.54, 1.807) is 17.2 Å². The summed E-state index contributed by atoms with van der Waals surface area (Å²) < 4.78 is 5.87. The number of amides is 1. The number of fused-ring (bicyclic) bond motifs is 1. The maximum absolute atomic E-state index is 12.3. The van der Waals surface area contributed by atoms with Crippen LogP contribution in [-0.2, 0) is 27.3 Å². The second-order valence-electron chi connectivity index (χ2n) is 5.81. The van der Waals surface area contributed by atoms with Gasteiger partial charge in [0.05, 0.1) is 17.3 Å². The monoisotopic (exact) mass is 390 g/mol. The SMILES string of the molecule is CCN(Cc1ccc(Cl)s1)C(=O)COC(=O)Cc1c[nH]c2ccccc12. The number of hydrogen-bond donors (Lipinski definition) is 1. The van der Waals surface area contributed by atoms with Crippen molar-refractivity contribution in [1.29, 1.82) is 0 Å². The number of H-pyrrole nitrogens is 1. The van der Waals surface area contributed by atoms with Gasteiger partial charge >= 0.3 is 5.97 Å². The minimum atomic E-state index is -0.418. The molecule has 3 aromatic rings. The van der Waals surface area contributed by atoms with E-state index in [4.69, 9.17) is 16.3 Å². The van der Waals surface area contributed by atoms with E-state index in [9.17, 15) is 9.59 Å². The summed E-state index contributed by atoms with van der Waals surface area (Å²) in [5, 5.41) is 0.987. The van der Waals surface area contributed by atoms with E-state index in [1.807, 2.05) is 37.3 Å². The molecule has 0 aliphatic rings. The lowest BCUT2D eigenvalue weighted by atomic mass is 10.1. The number of likely N-dealkylation sites (N-methyl/N-ethyl adjacent to an activating group) is 1. The summed E-state index contributed by atoms with van der Waals surface area (Å²) in [4.78, 5) is 30.2. The first-order valence-electron chi connectivity index (χ1n) is 8.29. The number of carbonyl (C=O) groups is 2. The molecule has 2 heterocycles. The van der Waals surface area contributed by atoms with Gasteiger partial charge in [0, 0.05) is 28.5 Å². The Labute approximate surface area is 160 Å². The van der Waals surface area contributed by atoms with Crippen LogP contribution >= 0.6 is 22.9 Å². The quantitative estimate of drug-likeness (QED) is 0.620. The van der Waals surface area contributed by atoms with E-state index in [0.29, 0.717) is 17.4 Å². The Morgan fingerprint density at radius 2 is 2.04 bits per heavy atom. The Morgan fingerprint density at radius 3 is 2.77 bits per heavy atom. The van der Waals surface area contributed by atoms with Crippen LogP contribution in [0.3, 0.4) is 0 Å². The maximum atomic E-state index is 12.3. The summed E-state index contributed by atoms with van der Waals surface area (Å²) in [6.07, 6.45) is 1.93. The minimum absolute atomic E-state index is 0.129. The number of nitrogens with one attached hydrogen (secondary N) is 1. The van der Waals surface area contributed by atoms with Gasteiger partial charge in [-0.2, -0.15) is 0 Å². The van der Waals surface area contributed by atoms with Crippen molar-refractivity contribution in [1.82, 2.24) is 9.88 Å². The Kier molecular flexibility index (Phi) is 5.96. The van der Waals surface area contributed by atoms with Crippen LogP contribution in [0.1, 0.15) is 17.4 Å². The van der Waals surface area contributed by atoms with E-state index in [0.717, 1.165) is 21.3 Å². The number of nitrogens with zero attached hydrogens (tertiary/aromatic N) is 1. The van der Waals surface area contributed by atoms with Gasteiger partial charge in [0.15, 0.2) is 6.61 Å². The number of hydrogen-bond acceptors (Lipinski definition) is 4. The number of thiophene rings is 1. The van der Waals surface area contributed by atoms with Crippen LogP contribution in [0.15, 0.2) is 42.6 Å². The summed E-state index contributed by atoms with van der Waals surface area (Å²) in [5.74, 6) is -0.636. The number of aromatic amines is 1. The average Bonchev–Trinajstić information content (AvgIpc) is 3.24. The second kappa shape index (κ2) is 8.38. The summed E-state index contributed by atoms with van der Waals surface area (Å²) >= 11 is 7.36. The van der Waals surface area contributed by atoms with E-state index in [1.165, 1.54) is 11.3 Å². The van der Waals surface area contributed by atoms with Crippen LogP contribution in [0, 0.1) is 0 Å². The number of rotatable bonds is 7. The van der Waals surface area contributed by atoms with Gasteiger partial charge in [-0.15, -0.1) is 11.3 Å². The molecular formula is C19H19ClN2O3S. The lowest BCUT2D eigenvalue weighted by Crippen LogP contribution is -2.34. The van der Waals surface area contributed by atoms with Crippen LogP contribution in [0.25, 0.3) is 10.9 Å². The molecule has 0 aliphatic heterocycles. The molecule has 0 fully saturated rings. The molecule has 5 nitrogen and oxygen atoms in total. The largest absolute Gasteiger partial charge is 0.455 e. The number of carbonyl (C=O) groups excluding carboxylic acids is 2. The van der Waals surface area contributed by atoms with Gasteiger partial charge in [0.2, 0.25) is 0 Å². The van der Waals surface area contributed by atoms with Gasteiger partial charge in [-0.25, -0.2) is 0 Å². The molecule has 0 spiro atoms. The topological polar surface area (TPSA) is 62.4 Å². The number of para-hydroxylation sites is 1. The summed E-state index contributed by atoms with van der Waals surface area (Å²) in [6, 6.07) is 11.4. The van der Waals surface area contributed by atoms with Crippen LogP contribution in [-0.4, -0.2) is 34.9 Å². The van der Waals surface area contributed by atoms with Gasteiger partial charge in [0.25, 0.3) is 5.91 Å². The van der Waals surface area contributed by atoms with Crippen molar-refractivity contribution >= 4 is 45.7 Å². The third-order valence-corrected chi connectivity index (χ3v) is 5.29. The molecule has 0 aliphatic carbocycles.